The Morgan fingerprint density at radius 1 is 1.36 bits per heavy atom. The zero-order valence-electron chi connectivity index (χ0n) is 12.4. The topological polar surface area (TPSA) is 83.7 Å². The molecule has 0 aromatic heterocycles. The van der Waals surface area contributed by atoms with Crippen LogP contribution in [0.2, 0.25) is 5.02 Å². The second-order valence-electron chi connectivity index (χ2n) is 5.59. The molecule has 0 bridgehead atoms. The monoisotopic (exact) mass is 345 g/mol. The standard InChI is InChI=1S/C14H20ClN3O3S/c1-22(20,21)18-6-5-17(9-12(10-18)14(16)19)8-11-3-2-4-13(15)7-11/h2-4,7,12H,5-6,8-10H2,1H3,(H2,16,19)/t12-/m1/s1. The van der Waals surface area contributed by atoms with Gasteiger partial charge in [0.1, 0.15) is 0 Å². The Labute approximate surface area is 135 Å². The Hall–Kier alpha value is -1.15. The second-order valence-corrected chi connectivity index (χ2v) is 8.00. The van der Waals surface area contributed by atoms with E-state index in [1.165, 1.54) is 4.31 Å². The van der Waals surface area contributed by atoms with Gasteiger partial charge in [0.05, 0.1) is 12.2 Å². The molecule has 1 atom stereocenters. The maximum atomic E-state index is 11.8. The van der Waals surface area contributed by atoms with Crippen molar-refractivity contribution in [3.63, 3.8) is 0 Å². The lowest BCUT2D eigenvalue weighted by atomic mass is 10.1. The number of hydrogen-bond donors (Lipinski definition) is 1. The lowest BCUT2D eigenvalue weighted by molar-refractivity contribution is -0.122. The fraction of sp³-hybridized carbons (Fsp3) is 0.500. The molecule has 8 heteroatoms. The van der Waals surface area contributed by atoms with Crippen LogP contribution in [0.25, 0.3) is 0 Å². The molecule has 0 radical (unpaired) electrons. The molecule has 1 aromatic rings. The molecule has 1 amide bonds. The Morgan fingerprint density at radius 3 is 2.68 bits per heavy atom. The van der Waals surface area contributed by atoms with Crippen LogP contribution in [0.1, 0.15) is 5.56 Å². The van der Waals surface area contributed by atoms with Crippen LogP contribution >= 0.6 is 11.6 Å². The van der Waals surface area contributed by atoms with Crippen LogP contribution in [0.5, 0.6) is 0 Å². The first-order valence-electron chi connectivity index (χ1n) is 6.97. The van der Waals surface area contributed by atoms with Gasteiger partial charge in [-0.1, -0.05) is 23.7 Å². The van der Waals surface area contributed by atoms with Crippen molar-refractivity contribution >= 4 is 27.5 Å². The molecule has 0 spiro atoms. The Morgan fingerprint density at radius 2 is 2.09 bits per heavy atom. The fourth-order valence-electron chi connectivity index (χ4n) is 2.57. The number of primary amides is 1. The number of amides is 1. The SMILES string of the molecule is CS(=O)(=O)N1CCN(Cc2cccc(Cl)c2)C[C@@H](C(N)=O)C1. The van der Waals surface area contributed by atoms with E-state index >= 15 is 0 Å². The average Bonchev–Trinajstić information content (AvgIpc) is 2.61. The van der Waals surface area contributed by atoms with Crippen molar-refractivity contribution in [2.75, 3.05) is 32.4 Å². The van der Waals surface area contributed by atoms with Gasteiger partial charge < -0.3 is 5.73 Å². The van der Waals surface area contributed by atoms with Gasteiger partial charge in [0, 0.05) is 37.7 Å². The highest BCUT2D eigenvalue weighted by molar-refractivity contribution is 7.88. The molecular weight excluding hydrogens is 326 g/mol. The molecule has 0 unspecified atom stereocenters. The summed E-state index contributed by atoms with van der Waals surface area (Å²) in [5.41, 5.74) is 6.43. The number of benzene rings is 1. The van der Waals surface area contributed by atoms with E-state index in [0.717, 1.165) is 11.8 Å². The van der Waals surface area contributed by atoms with Gasteiger partial charge in [-0.3, -0.25) is 9.69 Å². The first kappa shape index (κ1) is 17.2. The Bertz CT molecular complexity index is 650. The lowest BCUT2D eigenvalue weighted by Crippen LogP contribution is -2.40. The fourth-order valence-corrected chi connectivity index (χ4v) is 3.65. The maximum absolute atomic E-state index is 11.8. The molecule has 1 aliphatic rings. The predicted molar refractivity (Wildman–Crippen MR) is 85.8 cm³/mol. The van der Waals surface area contributed by atoms with Crippen LogP contribution in [0, 0.1) is 5.92 Å². The molecule has 0 saturated carbocycles. The summed E-state index contributed by atoms with van der Waals surface area (Å²) in [6.45, 7) is 2.07. The number of rotatable bonds is 4. The van der Waals surface area contributed by atoms with Gasteiger partial charge in [-0.05, 0) is 17.7 Å². The number of sulfonamides is 1. The minimum Gasteiger partial charge on any atom is -0.369 e. The summed E-state index contributed by atoms with van der Waals surface area (Å²) in [7, 11) is -3.34. The quantitative estimate of drug-likeness (QED) is 0.862. The summed E-state index contributed by atoms with van der Waals surface area (Å²) in [5.74, 6) is -0.997. The van der Waals surface area contributed by atoms with Crippen LogP contribution in [0.15, 0.2) is 24.3 Å². The smallest absolute Gasteiger partial charge is 0.223 e. The number of halogens is 1. The molecule has 1 saturated heterocycles. The third-order valence-corrected chi connectivity index (χ3v) is 5.24. The molecular formula is C14H20ClN3O3S. The molecule has 2 N–H and O–H groups in total. The van der Waals surface area contributed by atoms with Crippen LogP contribution < -0.4 is 5.73 Å². The number of carbonyl (C=O) groups excluding carboxylic acids is 1. The van der Waals surface area contributed by atoms with Crippen LogP contribution in [-0.2, 0) is 21.4 Å². The van der Waals surface area contributed by atoms with E-state index in [2.05, 4.69) is 0 Å². The van der Waals surface area contributed by atoms with Crippen LogP contribution in [-0.4, -0.2) is 56.0 Å². The minimum absolute atomic E-state index is 0.139. The van der Waals surface area contributed by atoms with Gasteiger partial charge in [-0.25, -0.2) is 12.7 Å². The largest absolute Gasteiger partial charge is 0.369 e. The molecule has 1 aromatic carbocycles. The molecule has 1 fully saturated rings. The maximum Gasteiger partial charge on any atom is 0.223 e. The van der Waals surface area contributed by atoms with Crippen molar-refractivity contribution in [2.24, 2.45) is 11.7 Å². The molecule has 2 rings (SSSR count). The third kappa shape index (κ3) is 4.67. The summed E-state index contributed by atoms with van der Waals surface area (Å²) >= 11 is 5.98. The highest BCUT2D eigenvalue weighted by Gasteiger charge is 2.30. The van der Waals surface area contributed by atoms with Crippen molar-refractivity contribution < 1.29 is 13.2 Å². The van der Waals surface area contributed by atoms with Gasteiger partial charge in [0.25, 0.3) is 0 Å². The van der Waals surface area contributed by atoms with Crippen LogP contribution in [0.3, 0.4) is 0 Å². The van der Waals surface area contributed by atoms with E-state index in [9.17, 15) is 13.2 Å². The summed E-state index contributed by atoms with van der Waals surface area (Å²) in [5, 5.41) is 0.650. The molecule has 1 aliphatic heterocycles. The van der Waals surface area contributed by atoms with Crippen molar-refractivity contribution in [1.82, 2.24) is 9.21 Å². The number of nitrogens with two attached hydrogens (primary N) is 1. The van der Waals surface area contributed by atoms with Gasteiger partial charge in [0.15, 0.2) is 0 Å². The van der Waals surface area contributed by atoms with Gasteiger partial charge >= 0.3 is 0 Å². The highest BCUT2D eigenvalue weighted by Crippen LogP contribution is 2.17. The van der Waals surface area contributed by atoms with E-state index in [0.29, 0.717) is 31.2 Å². The third-order valence-electron chi connectivity index (χ3n) is 3.73. The first-order valence-corrected chi connectivity index (χ1v) is 9.19. The first-order chi connectivity index (χ1) is 10.3. The molecule has 6 nitrogen and oxygen atoms in total. The lowest BCUT2D eigenvalue weighted by Gasteiger charge is -2.22. The summed E-state index contributed by atoms with van der Waals surface area (Å²) < 4.78 is 24.8. The number of carbonyl (C=O) groups is 1. The van der Waals surface area contributed by atoms with Gasteiger partial charge in [0.2, 0.25) is 15.9 Å². The van der Waals surface area contributed by atoms with Crippen molar-refractivity contribution in [1.29, 1.82) is 0 Å². The zero-order chi connectivity index (χ0) is 16.3. The Balaban J connectivity index is 2.14. The average molecular weight is 346 g/mol. The van der Waals surface area contributed by atoms with E-state index in [1.54, 1.807) is 6.07 Å². The number of nitrogens with zero attached hydrogens (tertiary/aromatic N) is 2. The molecule has 1 heterocycles. The van der Waals surface area contributed by atoms with E-state index in [-0.39, 0.29) is 6.54 Å². The highest BCUT2D eigenvalue weighted by atomic mass is 35.5. The summed E-state index contributed by atoms with van der Waals surface area (Å²) in [4.78, 5) is 13.6. The van der Waals surface area contributed by atoms with Crippen molar-refractivity contribution in [3.8, 4) is 0 Å². The van der Waals surface area contributed by atoms with E-state index in [4.69, 9.17) is 17.3 Å². The summed E-state index contributed by atoms with van der Waals surface area (Å²) in [6.07, 6.45) is 1.15. The second kappa shape index (κ2) is 6.95. The molecule has 22 heavy (non-hydrogen) atoms. The van der Waals surface area contributed by atoms with Gasteiger partial charge in [-0.2, -0.15) is 0 Å². The van der Waals surface area contributed by atoms with E-state index < -0.39 is 21.8 Å². The molecule has 122 valence electrons. The van der Waals surface area contributed by atoms with Gasteiger partial charge in [-0.15, -0.1) is 0 Å². The zero-order valence-corrected chi connectivity index (χ0v) is 14.0. The minimum atomic E-state index is -3.34. The predicted octanol–water partition coefficient (Wildman–Crippen LogP) is 0.519. The summed E-state index contributed by atoms with van der Waals surface area (Å²) in [6, 6.07) is 7.47. The normalized spacial score (nSPS) is 21.5. The molecule has 0 aliphatic carbocycles. The van der Waals surface area contributed by atoms with Crippen molar-refractivity contribution in [3.05, 3.63) is 34.9 Å². The van der Waals surface area contributed by atoms with E-state index in [1.807, 2.05) is 23.1 Å². The van der Waals surface area contributed by atoms with Crippen LogP contribution in [0.4, 0.5) is 0 Å². The Kier molecular flexibility index (Phi) is 5.44. The number of hydrogen-bond acceptors (Lipinski definition) is 4. The van der Waals surface area contributed by atoms with Crippen molar-refractivity contribution in [2.45, 2.75) is 6.54 Å².